The fourth-order valence-electron chi connectivity index (χ4n) is 4.03. The summed E-state index contributed by atoms with van der Waals surface area (Å²) in [4.78, 5) is 34.7. The third-order valence-corrected chi connectivity index (χ3v) is 5.92. The zero-order valence-corrected chi connectivity index (χ0v) is 19.8. The number of benzene rings is 1. The van der Waals surface area contributed by atoms with E-state index in [-0.39, 0.29) is 11.8 Å². The molecule has 182 valence electrons. The number of aromatic nitrogens is 7. The molecule has 0 fully saturated rings. The van der Waals surface area contributed by atoms with Crippen LogP contribution < -0.4 is 5.32 Å². The first-order valence-electron chi connectivity index (χ1n) is 11.3. The molecule has 0 unspecified atom stereocenters. The minimum atomic E-state index is -0.306. The smallest absolute Gasteiger partial charge is 0.321 e. The predicted molar refractivity (Wildman–Crippen MR) is 138 cm³/mol. The number of carbonyl (C=O) groups is 1. The number of H-pyrrole nitrogens is 2. The summed E-state index contributed by atoms with van der Waals surface area (Å²) in [6, 6.07) is 9.75. The molecule has 1 aromatic carbocycles. The first-order chi connectivity index (χ1) is 18.0. The predicted octanol–water partition coefficient (Wildman–Crippen LogP) is 4.86. The van der Waals surface area contributed by atoms with Crippen LogP contribution in [0.1, 0.15) is 0 Å². The van der Waals surface area contributed by atoms with Gasteiger partial charge >= 0.3 is 6.03 Å². The Hall–Kier alpha value is -5.19. The van der Waals surface area contributed by atoms with Gasteiger partial charge in [-0.15, -0.1) is 0 Å². The molecule has 0 atom stereocenters. The number of anilines is 1. The Bertz CT molecular complexity index is 1770. The molecule has 0 saturated carbocycles. The lowest BCUT2D eigenvalue weighted by atomic mass is 10.1. The van der Waals surface area contributed by atoms with Gasteiger partial charge in [-0.1, -0.05) is 12.1 Å². The van der Waals surface area contributed by atoms with Crippen LogP contribution in [-0.4, -0.2) is 60.1 Å². The maximum Gasteiger partial charge on any atom is 0.321 e. The number of halogens is 1. The molecule has 6 aromatic rings. The summed E-state index contributed by atoms with van der Waals surface area (Å²) in [5.41, 5.74) is 6.38. The molecule has 5 heterocycles. The number of amides is 2. The number of nitrogens with one attached hydrogen (secondary N) is 3. The molecule has 10 nitrogen and oxygen atoms in total. The normalized spacial score (nSPS) is 11.2. The minimum absolute atomic E-state index is 0.246. The van der Waals surface area contributed by atoms with Crippen LogP contribution in [0.3, 0.4) is 0 Å². The second-order valence-corrected chi connectivity index (χ2v) is 8.66. The largest absolute Gasteiger partial charge is 0.335 e. The van der Waals surface area contributed by atoms with Crippen molar-refractivity contribution in [3.63, 3.8) is 0 Å². The van der Waals surface area contributed by atoms with E-state index < -0.39 is 0 Å². The molecule has 3 N–H and O–H groups in total. The van der Waals surface area contributed by atoms with E-state index >= 15 is 0 Å². The van der Waals surface area contributed by atoms with E-state index in [0.29, 0.717) is 28.4 Å². The number of fused-ring (bicyclic) bond motifs is 2. The van der Waals surface area contributed by atoms with E-state index in [1.54, 1.807) is 57.2 Å². The van der Waals surface area contributed by atoms with Gasteiger partial charge in [0.25, 0.3) is 0 Å². The van der Waals surface area contributed by atoms with Gasteiger partial charge in [0, 0.05) is 49.4 Å². The zero-order valence-electron chi connectivity index (χ0n) is 19.8. The third kappa shape index (κ3) is 4.12. The van der Waals surface area contributed by atoms with Crippen molar-refractivity contribution >= 4 is 33.8 Å². The number of hydrogen-bond donors (Lipinski definition) is 3. The average molecular weight is 494 g/mol. The molecule has 2 amide bonds. The second-order valence-electron chi connectivity index (χ2n) is 8.66. The van der Waals surface area contributed by atoms with E-state index in [2.05, 4.69) is 35.5 Å². The van der Waals surface area contributed by atoms with E-state index in [4.69, 9.17) is 4.98 Å². The summed E-state index contributed by atoms with van der Waals surface area (Å²) < 4.78 is 13.4. The summed E-state index contributed by atoms with van der Waals surface area (Å²) in [6.07, 6.45) is 8.40. The van der Waals surface area contributed by atoms with Crippen molar-refractivity contribution in [3.05, 3.63) is 73.2 Å². The number of urea groups is 1. The molecule has 0 bridgehead atoms. The van der Waals surface area contributed by atoms with Crippen LogP contribution in [0.25, 0.3) is 55.8 Å². The van der Waals surface area contributed by atoms with E-state index in [0.717, 1.165) is 33.2 Å². The van der Waals surface area contributed by atoms with Crippen LogP contribution in [0, 0.1) is 5.82 Å². The second kappa shape index (κ2) is 8.79. The number of hydrogen-bond acceptors (Lipinski definition) is 6. The summed E-state index contributed by atoms with van der Waals surface area (Å²) >= 11 is 0. The van der Waals surface area contributed by atoms with Crippen LogP contribution in [0.5, 0.6) is 0 Å². The summed E-state index contributed by atoms with van der Waals surface area (Å²) in [7, 11) is 3.34. The summed E-state index contributed by atoms with van der Waals surface area (Å²) in [5, 5.41) is 10.9. The first kappa shape index (κ1) is 22.3. The number of carbonyl (C=O) groups excluding carboxylic acids is 1. The lowest BCUT2D eigenvalue weighted by Gasteiger charge is -2.12. The van der Waals surface area contributed by atoms with Crippen LogP contribution in [0.15, 0.2) is 67.4 Å². The molecule has 6 rings (SSSR count). The van der Waals surface area contributed by atoms with Gasteiger partial charge < -0.3 is 15.2 Å². The highest BCUT2D eigenvalue weighted by molar-refractivity contribution is 5.97. The van der Waals surface area contributed by atoms with Gasteiger partial charge in [0.15, 0.2) is 11.5 Å². The molecule has 0 spiro atoms. The number of nitrogens with zero attached hydrogens (tertiary/aromatic N) is 6. The molecular formula is C26H20FN9O. The Morgan fingerprint density at radius 3 is 2.54 bits per heavy atom. The highest BCUT2D eigenvalue weighted by Crippen LogP contribution is 2.32. The lowest BCUT2D eigenvalue weighted by Crippen LogP contribution is -2.27. The molecule has 0 aliphatic rings. The van der Waals surface area contributed by atoms with Gasteiger partial charge in [0.1, 0.15) is 11.5 Å². The van der Waals surface area contributed by atoms with Crippen molar-refractivity contribution in [2.75, 3.05) is 19.4 Å². The van der Waals surface area contributed by atoms with Gasteiger partial charge in [-0.3, -0.25) is 15.1 Å². The lowest BCUT2D eigenvalue weighted by molar-refractivity contribution is 0.230. The quantitative estimate of drug-likeness (QED) is 0.322. The molecule has 11 heteroatoms. The molecule has 37 heavy (non-hydrogen) atoms. The molecule has 0 saturated heterocycles. The van der Waals surface area contributed by atoms with Crippen molar-refractivity contribution in [3.8, 4) is 33.8 Å². The van der Waals surface area contributed by atoms with Crippen LogP contribution in [-0.2, 0) is 0 Å². The Morgan fingerprint density at radius 2 is 1.73 bits per heavy atom. The standard InChI is InChI=1S/C26H20FN9O/c1-36(2)26(37)31-18-7-15(9-28-11-18)16-8-19-23(34-35-24(19)30-10-16)25-32-21-13-29-12-20(22(21)33-25)14-3-5-17(27)6-4-14/h3-13H,1-2H3,(H,31,37)(H,32,33)(H,30,34,35). The van der Waals surface area contributed by atoms with E-state index in [9.17, 15) is 9.18 Å². The van der Waals surface area contributed by atoms with Crippen molar-refractivity contribution in [1.29, 1.82) is 0 Å². The number of aromatic amines is 2. The topological polar surface area (TPSA) is 128 Å². The highest BCUT2D eigenvalue weighted by Gasteiger charge is 2.17. The molecular weight excluding hydrogens is 473 g/mol. The Morgan fingerprint density at radius 1 is 0.946 bits per heavy atom. The minimum Gasteiger partial charge on any atom is -0.335 e. The third-order valence-electron chi connectivity index (χ3n) is 5.92. The van der Waals surface area contributed by atoms with Crippen molar-refractivity contribution in [2.45, 2.75) is 0 Å². The van der Waals surface area contributed by atoms with Gasteiger partial charge in [-0.2, -0.15) is 5.10 Å². The average Bonchev–Trinajstić information content (AvgIpc) is 3.53. The van der Waals surface area contributed by atoms with Crippen molar-refractivity contribution < 1.29 is 9.18 Å². The number of rotatable bonds is 4. The monoisotopic (exact) mass is 493 g/mol. The molecule has 0 aliphatic carbocycles. The van der Waals surface area contributed by atoms with Crippen molar-refractivity contribution in [2.24, 2.45) is 0 Å². The van der Waals surface area contributed by atoms with Gasteiger partial charge in [-0.25, -0.2) is 19.2 Å². The Labute approximate surface area is 209 Å². The zero-order chi connectivity index (χ0) is 25.5. The summed E-state index contributed by atoms with van der Waals surface area (Å²) in [5.74, 6) is 0.262. The Balaban J connectivity index is 1.41. The molecule has 0 aliphatic heterocycles. The van der Waals surface area contributed by atoms with E-state index in [1.165, 1.54) is 17.0 Å². The molecule has 0 radical (unpaired) electrons. The molecule has 5 aromatic heterocycles. The SMILES string of the molecule is CN(C)C(=O)Nc1cncc(-c2cnc3n[nH]c(-c4nc5c(-c6ccc(F)cc6)cncc5[nH]4)c3c2)c1. The van der Waals surface area contributed by atoms with Crippen LogP contribution in [0.4, 0.5) is 14.9 Å². The maximum absolute atomic E-state index is 13.4. The highest BCUT2D eigenvalue weighted by atomic mass is 19.1. The number of imidazole rings is 1. The van der Waals surface area contributed by atoms with Crippen LogP contribution in [0.2, 0.25) is 0 Å². The van der Waals surface area contributed by atoms with Crippen molar-refractivity contribution in [1.82, 2.24) is 40.0 Å². The maximum atomic E-state index is 13.4. The fourth-order valence-corrected chi connectivity index (χ4v) is 4.03. The van der Waals surface area contributed by atoms with Gasteiger partial charge in [0.2, 0.25) is 0 Å². The van der Waals surface area contributed by atoms with E-state index in [1.807, 2.05) is 12.1 Å². The number of pyridine rings is 3. The fraction of sp³-hybridized carbons (Fsp3) is 0.0769. The van der Waals surface area contributed by atoms with Gasteiger partial charge in [-0.05, 0) is 29.8 Å². The Kier molecular flexibility index (Phi) is 5.29. The van der Waals surface area contributed by atoms with Gasteiger partial charge in [0.05, 0.1) is 34.5 Å². The first-order valence-corrected chi connectivity index (χ1v) is 11.3. The van der Waals surface area contributed by atoms with Crippen LogP contribution >= 0.6 is 0 Å². The summed E-state index contributed by atoms with van der Waals surface area (Å²) in [6.45, 7) is 0.